The highest BCUT2D eigenvalue weighted by Crippen LogP contribution is 2.27. The maximum atomic E-state index is 10.9. The number of carboxylic acid groups (broad SMARTS) is 2. The van der Waals surface area contributed by atoms with Crippen LogP contribution in [-0.2, 0) is 19.1 Å². The molecule has 0 amide bonds. The highest BCUT2D eigenvalue weighted by atomic mass is 16.7. The van der Waals surface area contributed by atoms with Gasteiger partial charge < -0.3 is 19.7 Å². The molecule has 2 N–H and O–H groups in total. The molecule has 1 rings (SSSR count). The molecule has 0 saturated carbocycles. The van der Waals surface area contributed by atoms with E-state index in [0.717, 1.165) is 0 Å². The summed E-state index contributed by atoms with van der Waals surface area (Å²) in [4.78, 5) is 21.7. The lowest BCUT2D eigenvalue weighted by molar-refractivity contribution is -0.248. The summed E-state index contributed by atoms with van der Waals surface area (Å²) in [5.74, 6) is -2.81. The van der Waals surface area contributed by atoms with Crippen LogP contribution in [0.15, 0.2) is 0 Å². The molecule has 1 aliphatic heterocycles. The van der Waals surface area contributed by atoms with E-state index >= 15 is 0 Å². The van der Waals surface area contributed by atoms with Crippen LogP contribution in [0.1, 0.15) is 13.8 Å². The van der Waals surface area contributed by atoms with Crippen LogP contribution in [0.5, 0.6) is 0 Å². The molecule has 0 aliphatic carbocycles. The van der Waals surface area contributed by atoms with Gasteiger partial charge in [-0.05, 0) is 0 Å². The lowest BCUT2D eigenvalue weighted by atomic mass is 9.89. The van der Waals surface area contributed by atoms with Crippen molar-refractivity contribution in [3.05, 3.63) is 0 Å². The Kier molecular flexibility index (Phi) is 3.31. The quantitative estimate of drug-likeness (QED) is 0.656. The molecular weight excluding hydrogens is 204 g/mol. The minimum Gasteiger partial charge on any atom is -0.480 e. The third-order valence-corrected chi connectivity index (χ3v) is 2.35. The molecular formula is C9H14O6. The van der Waals surface area contributed by atoms with Crippen LogP contribution in [0, 0.1) is 11.3 Å². The van der Waals surface area contributed by atoms with Crippen molar-refractivity contribution in [3.8, 4) is 0 Å². The summed E-state index contributed by atoms with van der Waals surface area (Å²) in [5, 5.41) is 17.7. The number of carbonyl (C=O) groups is 2. The maximum absolute atomic E-state index is 10.9. The van der Waals surface area contributed by atoms with Gasteiger partial charge in [0.25, 0.3) is 0 Å². The van der Waals surface area contributed by atoms with E-state index in [9.17, 15) is 9.59 Å². The van der Waals surface area contributed by atoms with Crippen molar-refractivity contribution in [1.29, 1.82) is 0 Å². The van der Waals surface area contributed by atoms with Crippen LogP contribution < -0.4 is 0 Å². The number of hydrogen-bond acceptors (Lipinski definition) is 4. The van der Waals surface area contributed by atoms with Crippen molar-refractivity contribution in [1.82, 2.24) is 0 Å². The molecule has 0 bridgehead atoms. The molecule has 1 saturated heterocycles. The van der Waals surface area contributed by atoms with E-state index in [1.165, 1.54) is 0 Å². The minimum absolute atomic E-state index is 0.0607. The molecule has 0 spiro atoms. The highest BCUT2D eigenvalue weighted by Gasteiger charge is 2.51. The van der Waals surface area contributed by atoms with Crippen molar-refractivity contribution < 1.29 is 29.3 Å². The second-order valence-corrected chi connectivity index (χ2v) is 3.93. The summed E-state index contributed by atoms with van der Waals surface area (Å²) < 4.78 is 10.2. The maximum Gasteiger partial charge on any atom is 0.325 e. The number of ether oxygens (including phenoxy) is 2. The number of carboxylic acids is 2. The normalized spacial score (nSPS) is 21.5. The second-order valence-electron chi connectivity index (χ2n) is 3.93. The Balaban J connectivity index is 2.75. The van der Waals surface area contributed by atoms with Crippen LogP contribution in [-0.4, -0.2) is 41.7 Å². The summed E-state index contributed by atoms with van der Waals surface area (Å²) in [6.45, 7) is 2.97. The lowest BCUT2D eigenvalue weighted by Gasteiger charge is -2.35. The Labute approximate surface area is 86.8 Å². The van der Waals surface area contributed by atoms with Gasteiger partial charge in [-0.3, -0.25) is 9.59 Å². The fraction of sp³-hybridized carbons (Fsp3) is 0.778. The summed E-state index contributed by atoms with van der Waals surface area (Å²) in [7, 11) is 0. The third kappa shape index (κ3) is 2.10. The van der Waals surface area contributed by atoms with Gasteiger partial charge in [0.1, 0.15) is 0 Å². The van der Waals surface area contributed by atoms with Crippen molar-refractivity contribution >= 4 is 11.9 Å². The molecule has 0 aromatic carbocycles. The first-order chi connectivity index (χ1) is 6.90. The van der Waals surface area contributed by atoms with Gasteiger partial charge in [0, 0.05) is 5.92 Å². The Hall–Kier alpha value is -1.14. The van der Waals surface area contributed by atoms with Crippen LogP contribution in [0.4, 0.5) is 0 Å². The Morgan fingerprint density at radius 2 is 1.60 bits per heavy atom. The van der Waals surface area contributed by atoms with Gasteiger partial charge in [-0.2, -0.15) is 0 Å². The Morgan fingerprint density at radius 3 is 1.87 bits per heavy atom. The summed E-state index contributed by atoms with van der Waals surface area (Å²) in [6, 6.07) is 0. The predicted molar refractivity (Wildman–Crippen MR) is 48.2 cm³/mol. The molecule has 0 unspecified atom stereocenters. The standard InChI is InChI=1S/C9H14O6/c1-5(2)6-14-3-9(4-15-6,7(10)11)8(12)13/h5-6H,3-4H2,1-2H3,(H,10,11)(H,12,13). The van der Waals surface area contributed by atoms with E-state index in [1.807, 2.05) is 13.8 Å². The molecule has 6 heteroatoms. The number of aliphatic carboxylic acids is 2. The van der Waals surface area contributed by atoms with Crippen LogP contribution in [0.3, 0.4) is 0 Å². The van der Waals surface area contributed by atoms with E-state index in [1.54, 1.807) is 0 Å². The molecule has 1 heterocycles. The highest BCUT2D eigenvalue weighted by molar-refractivity contribution is 5.98. The Bertz CT molecular complexity index is 248. The summed E-state index contributed by atoms with van der Waals surface area (Å²) >= 11 is 0. The van der Waals surface area contributed by atoms with Gasteiger partial charge >= 0.3 is 11.9 Å². The SMILES string of the molecule is CC(C)C1OCC(C(=O)O)(C(=O)O)CO1. The molecule has 0 aromatic rings. The van der Waals surface area contributed by atoms with E-state index < -0.39 is 23.6 Å². The summed E-state index contributed by atoms with van der Waals surface area (Å²) in [5.41, 5.74) is -1.97. The van der Waals surface area contributed by atoms with Crippen LogP contribution in [0.2, 0.25) is 0 Å². The van der Waals surface area contributed by atoms with Gasteiger partial charge in [0.05, 0.1) is 13.2 Å². The van der Waals surface area contributed by atoms with Crippen molar-refractivity contribution in [2.24, 2.45) is 11.3 Å². The van der Waals surface area contributed by atoms with Crippen molar-refractivity contribution in [2.45, 2.75) is 20.1 Å². The molecule has 0 aromatic heterocycles. The first kappa shape index (κ1) is 11.9. The van der Waals surface area contributed by atoms with E-state index in [0.29, 0.717) is 0 Å². The molecule has 86 valence electrons. The van der Waals surface area contributed by atoms with Gasteiger partial charge in [-0.25, -0.2) is 0 Å². The van der Waals surface area contributed by atoms with Crippen LogP contribution in [0.25, 0.3) is 0 Å². The Morgan fingerprint density at radius 1 is 1.20 bits per heavy atom. The zero-order valence-corrected chi connectivity index (χ0v) is 8.60. The fourth-order valence-electron chi connectivity index (χ4n) is 1.26. The largest absolute Gasteiger partial charge is 0.480 e. The zero-order chi connectivity index (χ0) is 11.6. The lowest BCUT2D eigenvalue weighted by Crippen LogP contribution is -2.53. The van der Waals surface area contributed by atoms with E-state index in [4.69, 9.17) is 19.7 Å². The van der Waals surface area contributed by atoms with Crippen molar-refractivity contribution in [2.75, 3.05) is 13.2 Å². The first-order valence-electron chi connectivity index (χ1n) is 4.60. The van der Waals surface area contributed by atoms with Crippen LogP contribution >= 0.6 is 0 Å². The van der Waals surface area contributed by atoms with Gasteiger partial charge in [-0.1, -0.05) is 13.8 Å². The topological polar surface area (TPSA) is 93.1 Å². The van der Waals surface area contributed by atoms with Gasteiger partial charge in [-0.15, -0.1) is 0 Å². The average Bonchev–Trinajstić information content (AvgIpc) is 2.17. The first-order valence-corrected chi connectivity index (χ1v) is 4.60. The number of rotatable bonds is 3. The van der Waals surface area contributed by atoms with Gasteiger partial charge in [0.15, 0.2) is 6.29 Å². The molecule has 1 aliphatic rings. The molecule has 1 fully saturated rings. The number of hydrogen-bond donors (Lipinski definition) is 2. The predicted octanol–water partition coefficient (Wildman–Crippen LogP) is 0.171. The minimum atomic E-state index is -1.97. The summed E-state index contributed by atoms with van der Waals surface area (Å²) in [6.07, 6.45) is -0.531. The van der Waals surface area contributed by atoms with E-state index in [-0.39, 0.29) is 19.1 Å². The van der Waals surface area contributed by atoms with Gasteiger partial charge in [0.2, 0.25) is 5.41 Å². The molecule has 6 nitrogen and oxygen atoms in total. The molecule has 0 atom stereocenters. The van der Waals surface area contributed by atoms with Crippen molar-refractivity contribution in [3.63, 3.8) is 0 Å². The fourth-order valence-corrected chi connectivity index (χ4v) is 1.26. The monoisotopic (exact) mass is 218 g/mol. The smallest absolute Gasteiger partial charge is 0.325 e. The zero-order valence-electron chi connectivity index (χ0n) is 8.60. The third-order valence-electron chi connectivity index (χ3n) is 2.35. The van der Waals surface area contributed by atoms with E-state index in [2.05, 4.69) is 0 Å². The average molecular weight is 218 g/mol. The second kappa shape index (κ2) is 4.16. The molecule has 0 radical (unpaired) electrons. The molecule has 15 heavy (non-hydrogen) atoms.